The van der Waals surface area contributed by atoms with Crippen molar-refractivity contribution in [2.45, 2.75) is 32.4 Å². The normalized spacial score (nSPS) is 16.5. The van der Waals surface area contributed by atoms with Crippen LogP contribution >= 0.6 is 0 Å². The van der Waals surface area contributed by atoms with Gasteiger partial charge >= 0.3 is 5.69 Å². The minimum Gasteiger partial charge on any atom is -0.394 e. The van der Waals surface area contributed by atoms with Gasteiger partial charge in [0.25, 0.3) is 0 Å². The molecule has 1 N–H and O–H groups in total. The number of aliphatic hydroxyl groups is 1. The van der Waals surface area contributed by atoms with E-state index in [1.54, 1.807) is 4.57 Å². The summed E-state index contributed by atoms with van der Waals surface area (Å²) in [7, 11) is 0. The molecule has 1 fully saturated rings. The summed E-state index contributed by atoms with van der Waals surface area (Å²) in [6.45, 7) is 2.08. The minimum absolute atomic E-state index is 0.0406. The Labute approximate surface area is 75.6 Å². The second-order valence-corrected chi connectivity index (χ2v) is 3.38. The summed E-state index contributed by atoms with van der Waals surface area (Å²) < 4.78 is 3.04. The fraction of sp³-hybridized carbons (Fsp3) is 0.750. The Balaban J connectivity index is 2.39. The van der Waals surface area contributed by atoms with Crippen molar-refractivity contribution in [2.75, 3.05) is 6.61 Å². The molecule has 0 atom stereocenters. The molecule has 5 nitrogen and oxygen atoms in total. The number of hydrogen-bond acceptors (Lipinski definition) is 3. The highest BCUT2D eigenvalue weighted by molar-refractivity contribution is 4.93. The zero-order valence-corrected chi connectivity index (χ0v) is 7.60. The van der Waals surface area contributed by atoms with Crippen LogP contribution in [-0.2, 0) is 6.54 Å². The van der Waals surface area contributed by atoms with Gasteiger partial charge in [0.05, 0.1) is 13.2 Å². The van der Waals surface area contributed by atoms with E-state index in [9.17, 15) is 4.79 Å². The van der Waals surface area contributed by atoms with Crippen molar-refractivity contribution in [1.82, 2.24) is 14.3 Å². The van der Waals surface area contributed by atoms with Gasteiger partial charge in [0.2, 0.25) is 0 Å². The molecule has 1 aromatic heterocycles. The van der Waals surface area contributed by atoms with E-state index < -0.39 is 0 Å². The lowest BCUT2D eigenvalue weighted by Crippen LogP contribution is -2.25. The summed E-state index contributed by atoms with van der Waals surface area (Å²) in [5.41, 5.74) is -0.0888. The molecule has 1 aromatic rings. The smallest absolute Gasteiger partial charge is 0.346 e. The van der Waals surface area contributed by atoms with E-state index in [-0.39, 0.29) is 12.3 Å². The van der Waals surface area contributed by atoms with Gasteiger partial charge in [0.1, 0.15) is 5.82 Å². The molecule has 0 saturated heterocycles. The lowest BCUT2D eigenvalue weighted by molar-refractivity contribution is 0.266. The van der Waals surface area contributed by atoms with Crippen LogP contribution in [0.5, 0.6) is 0 Å². The third-order valence-electron chi connectivity index (χ3n) is 2.26. The first-order valence-electron chi connectivity index (χ1n) is 4.51. The number of aryl methyl sites for hydroxylation is 1. The molecule has 1 aliphatic carbocycles. The zero-order chi connectivity index (χ0) is 9.42. The summed E-state index contributed by atoms with van der Waals surface area (Å²) in [5.74, 6) is 0.751. The zero-order valence-electron chi connectivity index (χ0n) is 7.60. The van der Waals surface area contributed by atoms with E-state index in [2.05, 4.69) is 5.10 Å². The van der Waals surface area contributed by atoms with Gasteiger partial charge < -0.3 is 5.11 Å². The van der Waals surface area contributed by atoms with Gasteiger partial charge in [-0.2, -0.15) is 5.10 Å². The average Bonchev–Trinajstić information content (AvgIpc) is 2.84. The number of aliphatic hydroxyl groups excluding tert-OH is 1. The monoisotopic (exact) mass is 183 g/mol. The highest BCUT2D eigenvalue weighted by Crippen LogP contribution is 2.33. The van der Waals surface area contributed by atoms with Crippen molar-refractivity contribution >= 4 is 0 Å². The summed E-state index contributed by atoms with van der Waals surface area (Å²) >= 11 is 0. The first-order chi connectivity index (χ1) is 6.24. The fourth-order valence-electron chi connectivity index (χ4n) is 1.52. The second kappa shape index (κ2) is 2.99. The molecule has 0 unspecified atom stereocenters. The minimum atomic E-state index is -0.0888. The Morgan fingerprint density at radius 2 is 2.31 bits per heavy atom. The molecular formula is C8H13N3O2. The third kappa shape index (κ3) is 1.39. The maximum atomic E-state index is 11.6. The van der Waals surface area contributed by atoms with Crippen molar-refractivity contribution in [3.05, 3.63) is 16.3 Å². The SMILES string of the molecule is Cc1nn(CCO)c(=O)n1C1CC1. The van der Waals surface area contributed by atoms with Crippen LogP contribution in [0.4, 0.5) is 0 Å². The van der Waals surface area contributed by atoms with E-state index in [1.807, 2.05) is 6.92 Å². The number of rotatable bonds is 3. The molecule has 0 radical (unpaired) electrons. The van der Waals surface area contributed by atoms with Crippen LogP contribution in [0.3, 0.4) is 0 Å². The highest BCUT2D eigenvalue weighted by atomic mass is 16.3. The van der Waals surface area contributed by atoms with Gasteiger partial charge in [-0.3, -0.25) is 4.57 Å². The van der Waals surface area contributed by atoms with Gasteiger partial charge in [0, 0.05) is 6.04 Å². The Morgan fingerprint density at radius 1 is 1.62 bits per heavy atom. The lowest BCUT2D eigenvalue weighted by Gasteiger charge is -1.96. The molecule has 0 spiro atoms. The van der Waals surface area contributed by atoms with Crippen LogP contribution < -0.4 is 5.69 Å². The maximum absolute atomic E-state index is 11.6. The molecule has 1 heterocycles. The van der Waals surface area contributed by atoms with Gasteiger partial charge in [-0.15, -0.1) is 0 Å². The van der Waals surface area contributed by atoms with E-state index in [0.29, 0.717) is 12.6 Å². The van der Waals surface area contributed by atoms with Crippen LogP contribution in [0.2, 0.25) is 0 Å². The largest absolute Gasteiger partial charge is 0.394 e. The Kier molecular flexibility index (Phi) is 1.95. The van der Waals surface area contributed by atoms with Crippen LogP contribution in [0, 0.1) is 6.92 Å². The van der Waals surface area contributed by atoms with Crippen molar-refractivity contribution in [1.29, 1.82) is 0 Å². The lowest BCUT2D eigenvalue weighted by atomic mass is 10.6. The standard InChI is InChI=1S/C8H13N3O2/c1-6-9-10(4-5-12)8(13)11(6)7-2-3-7/h7,12H,2-5H2,1H3. The molecule has 0 aromatic carbocycles. The van der Waals surface area contributed by atoms with Gasteiger partial charge in [-0.05, 0) is 19.8 Å². The molecule has 0 aliphatic heterocycles. The predicted octanol–water partition coefficient (Wildman–Crippen LogP) is -0.320. The van der Waals surface area contributed by atoms with Crippen molar-refractivity contribution < 1.29 is 5.11 Å². The van der Waals surface area contributed by atoms with Gasteiger partial charge in [0.15, 0.2) is 0 Å². The molecule has 5 heteroatoms. The third-order valence-corrected chi connectivity index (χ3v) is 2.26. The van der Waals surface area contributed by atoms with Gasteiger partial charge in [-0.25, -0.2) is 9.48 Å². The van der Waals surface area contributed by atoms with Crippen LogP contribution in [0.1, 0.15) is 24.7 Å². The topological polar surface area (TPSA) is 60.0 Å². The molecule has 72 valence electrons. The quantitative estimate of drug-likeness (QED) is 0.698. The summed E-state index contributed by atoms with van der Waals surface area (Å²) in [6.07, 6.45) is 2.15. The molecular weight excluding hydrogens is 170 g/mol. The molecule has 2 rings (SSSR count). The first kappa shape index (κ1) is 8.50. The first-order valence-corrected chi connectivity index (χ1v) is 4.51. The molecule has 1 aliphatic rings. The van der Waals surface area contributed by atoms with E-state index in [4.69, 9.17) is 5.11 Å². The van der Waals surface area contributed by atoms with Crippen molar-refractivity contribution in [2.24, 2.45) is 0 Å². The number of nitrogens with zero attached hydrogens (tertiary/aromatic N) is 3. The second-order valence-electron chi connectivity index (χ2n) is 3.38. The summed E-state index contributed by atoms with van der Waals surface area (Å²) in [5, 5.41) is 12.8. The Morgan fingerprint density at radius 3 is 2.85 bits per heavy atom. The number of aromatic nitrogens is 3. The molecule has 0 amide bonds. The highest BCUT2D eigenvalue weighted by Gasteiger charge is 2.28. The summed E-state index contributed by atoms with van der Waals surface area (Å²) in [6, 6.07) is 0.361. The van der Waals surface area contributed by atoms with E-state index in [0.717, 1.165) is 18.7 Å². The van der Waals surface area contributed by atoms with Crippen molar-refractivity contribution in [3.63, 3.8) is 0 Å². The predicted molar refractivity (Wildman–Crippen MR) is 46.6 cm³/mol. The van der Waals surface area contributed by atoms with Crippen LogP contribution in [0.15, 0.2) is 4.79 Å². The fourth-order valence-corrected chi connectivity index (χ4v) is 1.52. The van der Waals surface area contributed by atoms with E-state index in [1.165, 1.54) is 4.68 Å². The molecule has 1 saturated carbocycles. The van der Waals surface area contributed by atoms with Crippen LogP contribution in [0.25, 0.3) is 0 Å². The van der Waals surface area contributed by atoms with Crippen LogP contribution in [-0.4, -0.2) is 26.1 Å². The molecule has 0 bridgehead atoms. The Bertz CT molecular complexity index is 362. The Hall–Kier alpha value is -1.10. The van der Waals surface area contributed by atoms with Crippen molar-refractivity contribution in [3.8, 4) is 0 Å². The molecule has 13 heavy (non-hydrogen) atoms. The maximum Gasteiger partial charge on any atom is 0.346 e. The average molecular weight is 183 g/mol. The number of hydrogen-bond donors (Lipinski definition) is 1. The summed E-state index contributed by atoms with van der Waals surface area (Å²) in [4.78, 5) is 11.6. The van der Waals surface area contributed by atoms with Gasteiger partial charge in [-0.1, -0.05) is 0 Å². The van der Waals surface area contributed by atoms with E-state index >= 15 is 0 Å².